The number of benzene rings is 1. The first-order chi connectivity index (χ1) is 8.74. The lowest BCUT2D eigenvalue weighted by atomic mass is 10.1. The second-order valence-electron chi connectivity index (χ2n) is 3.85. The summed E-state index contributed by atoms with van der Waals surface area (Å²) in [7, 11) is 0. The maximum atomic E-state index is 5.57. The van der Waals surface area contributed by atoms with Gasteiger partial charge in [0.25, 0.3) is 0 Å². The van der Waals surface area contributed by atoms with Crippen molar-refractivity contribution in [1.29, 1.82) is 0 Å². The molecule has 3 nitrogen and oxygen atoms in total. The number of hydrogen-bond donors (Lipinski definition) is 0. The third kappa shape index (κ3) is 3.07. The van der Waals surface area contributed by atoms with Crippen LogP contribution in [0.25, 0.3) is 10.9 Å². The Morgan fingerprint density at radius 1 is 1.17 bits per heavy atom. The number of aromatic nitrogens is 1. The molecule has 96 valence electrons. The minimum absolute atomic E-state index is 0.337. The molecule has 0 atom stereocenters. The van der Waals surface area contributed by atoms with Gasteiger partial charge in [0, 0.05) is 34.8 Å². The van der Waals surface area contributed by atoms with Crippen LogP contribution in [0.3, 0.4) is 0 Å². The molecule has 2 aromatic rings. The lowest BCUT2D eigenvalue weighted by Crippen LogP contribution is -2.09. The Kier molecular flexibility index (Phi) is 4.69. The summed E-state index contributed by atoms with van der Waals surface area (Å²) in [6.45, 7) is 5.14. The smallest absolute Gasteiger partial charge is 0.185 e. The van der Waals surface area contributed by atoms with Gasteiger partial charge >= 0.3 is 0 Å². The highest BCUT2D eigenvalue weighted by molar-refractivity contribution is 9.10. The zero-order valence-electron chi connectivity index (χ0n) is 10.5. The summed E-state index contributed by atoms with van der Waals surface area (Å²) in [5, 5.41) is 1.08. The molecule has 0 aliphatic carbocycles. The highest BCUT2D eigenvalue weighted by atomic mass is 79.9. The monoisotopic (exact) mass is 309 g/mol. The largest absolute Gasteiger partial charge is 0.349 e. The van der Waals surface area contributed by atoms with Gasteiger partial charge in [-0.2, -0.15) is 0 Å². The SMILES string of the molecule is CCOC(OCC)c1cnc2ccc(Br)cc2c1. The first kappa shape index (κ1) is 13.5. The molecule has 18 heavy (non-hydrogen) atoms. The van der Waals surface area contributed by atoms with Crippen LogP contribution in [0.15, 0.2) is 34.9 Å². The second-order valence-corrected chi connectivity index (χ2v) is 4.76. The predicted octanol–water partition coefficient (Wildman–Crippen LogP) is 4.07. The minimum atomic E-state index is -0.337. The molecule has 0 aliphatic heterocycles. The van der Waals surface area contributed by atoms with Crippen LogP contribution >= 0.6 is 15.9 Å². The van der Waals surface area contributed by atoms with E-state index < -0.39 is 0 Å². The molecule has 0 saturated carbocycles. The van der Waals surface area contributed by atoms with Crippen LogP contribution in [0.2, 0.25) is 0 Å². The molecular weight excluding hydrogens is 294 g/mol. The fraction of sp³-hybridized carbons (Fsp3) is 0.357. The molecule has 0 bridgehead atoms. The third-order valence-electron chi connectivity index (χ3n) is 2.57. The lowest BCUT2D eigenvalue weighted by Gasteiger charge is -2.17. The van der Waals surface area contributed by atoms with Crippen LogP contribution in [-0.4, -0.2) is 18.2 Å². The van der Waals surface area contributed by atoms with Crippen LogP contribution < -0.4 is 0 Å². The van der Waals surface area contributed by atoms with Crippen molar-refractivity contribution in [2.75, 3.05) is 13.2 Å². The van der Waals surface area contributed by atoms with E-state index in [9.17, 15) is 0 Å². The average molecular weight is 310 g/mol. The minimum Gasteiger partial charge on any atom is -0.349 e. The van der Waals surface area contributed by atoms with Crippen molar-refractivity contribution in [3.05, 3.63) is 40.5 Å². The van der Waals surface area contributed by atoms with E-state index in [4.69, 9.17) is 9.47 Å². The van der Waals surface area contributed by atoms with Crippen molar-refractivity contribution in [3.63, 3.8) is 0 Å². The summed E-state index contributed by atoms with van der Waals surface area (Å²) in [6.07, 6.45) is 1.47. The van der Waals surface area contributed by atoms with Gasteiger partial charge in [0.1, 0.15) is 0 Å². The molecule has 0 N–H and O–H groups in total. The Bertz CT molecular complexity index is 524. The molecule has 0 unspecified atom stereocenters. The first-order valence-corrected chi connectivity index (χ1v) is 6.82. The van der Waals surface area contributed by atoms with Gasteiger partial charge in [-0.15, -0.1) is 0 Å². The van der Waals surface area contributed by atoms with Crippen molar-refractivity contribution in [1.82, 2.24) is 4.98 Å². The maximum Gasteiger partial charge on any atom is 0.185 e. The Balaban J connectivity index is 2.37. The van der Waals surface area contributed by atoms with Crippen LogP contribution in [0.5, 0.6) is 0 Å². The molecule has 2 rings (SSSR count). The lowest BCUT2D eigenvalue weighted by molar-refractivity contribution is -0.140. The van der Waals surface area contributed by atoms with Gasteiger partial charge in [-0.05, 0) is 38.1 Å². The van der Waals surface area contributed by atoms with Gasteiger partial charge in [-0.3, -0.25) is 4.98 Å². The van der Waals surface area contributed by atoms with E-state index in [2.05, 4.69) is 27.0 Å². The molecule has 0 radical (unpaired) electrons. The van der Waals surface area contributed by atoms with Gasteiger partial charge in [0.2, 0.25) is 0 Å². The quantitative estimate of drug-likeness (QED) is 0.780. The molecule has 4 heteroatoms. The standard InChI is InChI=1S/C14H16BrNO2/c1-3-17-14(18-4-2)11-7-10-8-12(15)5-6-13(10)16-9-11/h5-9,14H,3-4H2,1-2H3. The zero-order valence-corrected chi connectivity index (χ0v) is 12.1. The van der Waals surface area contributed by atoms with Crippen LogP contribution in [0, 0.1) is 0 Å². The molecule has 1 heterocycles. The van der Waals surface area contributed by atoms with Crippen molar-refractivity contribution >= 4 is 26.8 Å². The Labute approximate surface area is 115 Å². The highest BCUT2D eigenvalue weighted by Crippen LogP contribution is 2.24. The summed E-state index contributed by atoms with van der Waals surface area (Å²) in [5.41, 5.74) is 1.91. The van der Waals surface area contributed by atoms with E-state index in [1.54, 1.807) is 0 Å². The fourth-order valence-electron chi connectivity index (χ4n) is 1.79. The number of ether oxygens (including phenoxy) is 2. The zero-order chi connectivity index (χ0) is 13.0. The molecule has 0 aliphatic rings. The summed E-state index contributed by atoms with van der Waals surface area (Å²) < 4.78 is 12.2. The van der Waals surface area contributed by atoms with Crippen molar-refractivity contribution in [3.8, 4) is 0 Å². The molecule has 0 saturated heterocycles. The van der Waals surface area contributed by atoms with Gasteiger partial charge in [0.15, 0.2) is 6.29 Å². The third-order valence-corrected chi connectivity index (χ3v) is 3.07. The second kappa shape index (κ2) is 6.27. The van der Waals surface area contributed by atoms with Crippen molar-refractivity contribution in [2.45, 2.75) is 20.1 Å². The topological polar surface area (TPSA) is 31.4 Å². The summed E-state index contributed by atoms with van der Waals surface area (Å²) in [5.74, 6) is 0. The van der Waals surface area contributed by atoms with Crippen LogP contribution in [-0.2, 0) is 9.47 Å². The summed E-state index contributed by atoms with van der Waals surface area (Å²) in [4.78, 5) is 4.43. The summed E-state index contributed by atoms with van der Waals surface area (Å²) in [6, 6.07) is 8.07. The van der Waals surface area contributed by atoms with Crippen molar-refractivity contribution < 1.29 is 9.47 Å². The van der Waals surface area contributed by atoms with Gasteiger partial charge in [0.05, 0.1) is 5.52 Å². The average Bonchev–Trinajstić information content (AvgIpc) is 2.37. The summed E-state index contributed by atoms with van der Waals surface area (Å²) >= 11 is 3.47. The van der Waals surface area contributed by atoms with E-state index in [0.29, 0.717) is 13.2 Å². The number of rotatable bonds is 5. The van der Waals surface area contributed by atoms with E-state index >= 15 is 0 Å². The maximum absolute atomic E-state index is 5.57. The fourth-order valence-corrected chi connectivity index (χ4v) is 2.17. The van der Waals surface area contributed by atoms with Crippen LogP contribution in [0.4, 0.5) is 0 Å². The highest BCUT2D eigenvalue weighted by Gasteiger charge is 2.12. The number of nitrogens with zero attached hydrogens (tertiary/aromatic N) is 1. The molecule has 0 fully saturated rings. The number of fused-ring (bicyclic) bond motifs is 1. The molecular formula is C14H16BrNO2. The number of halogens is 1. The molecule has 1 aromatic carbocycles. The van der Waals surface area contributed by atoms with Gasteiger partial charge in [-0.25, -0.2) is 0 Å². The first-order valence-electron chi connectivity index (χ1n) is 6.03. The van der Waals surface area contributed by atoms with Gasteiger partial charge < -0.3 is 9.47 Å². The molecule has 0 spiro atoms. The van der Waals surface area contributed by atoms with E-state index in [0.717, 1.165) is 20.9 Å². The molecule has 0 amide bonds. The van der Waals surface area contributed by atoms with E-state index in [1.807, 2.05) is 38.2 Å². The van der Waals surface area contributed by atoms with Crippen molar-refractivity contribution in [2.24, 2.45) is 0 Å². The number of hydrogen-bond acceptors (Lipinski definition) is 3. The normalized spacial score (nSPS) is 11.3. The Morgan fingerprint density at radius 3 is 2.56 bits per heavy atom. The van der Waals surface area contributed by atoms with Gasteiger partial charge in [-0.1, -0.05) is 15.9 Å². The van der Waals surface area contributed by atoms with E-state index in [1.165, 1.54) is 0 Å². The predicted molar refractivity (Wildman–Crippen MR) is 75.4 cm³/mol. The Morgan fingerprint density at radius 2 is 1.89 bits per heavy atom. The number of pyridine rings is 1. The van der Waals surface area contributed by atoms with E-state index in [-0.39, 0.29) is 6.29 Å². The Hall–Kier alpha value is -0.970. The molecule has 1 aromatic heterocycles. The van der Waals surface area contributed by atoms with Crippen LogP contribution in [0.1, 0.15) is 25.7 Å².